The molecule has 0 amide bonds. The van der Waals surface area contributed by atoms with Crippen LogP contribution in [-0.4, -0.2) is 0 Å². The summed E-state index contributed by atoms with van der Waals surface area (Å²) >= 11 is 0. The van der Waals surface area contributed by atoms with Gasteiger partial charge >= 0.3 is 0 Å². The molecule has 0 aliphatic heterocycles. The quantitative estimate of drug-likeness (QED) is 0.212. The summed E-state index contributed by atoms with van der Waals surface area (Å²) in [7, 11) is 0. The fourth-order valence-electron chi connectivity index (χ4n) is 5.43. The number of aryl methyl sites for hydroxylation is 2. The number of fused-ring (bicyclic) bond motifs is 1. The van der Waals surface area contributed by atoms with E-state index < -0.39 is 0 Å². The molecule has 1 aliphatic carbocycles. The molecule has 3 aromatic carbocycles. The van der Waals surface area contributed by atoms with Gasteiger partial charge in [-0.1, -0.05) is 92.2 Å². The van der Waals surface area contributed by atoms with E-state index in [0.717, 1.165) is 42.0 Å². The van der Waals surface area contributed by atoms with Crippen molar-refractivity contribution in [2.45, 2.75) is 71.1 Å². The van der Waals surface area contributed by atoms with Crippen molar-refractivity contribution in [1.82, 2.24) is 0 Å². The van der Waals surface area contributed by atoms with E-state index in [4.69, 9.17) is 0 Å². The molecule has 36 heavy (non-hydrogen) atoms. The molecule has 1 fully saturated rings. The van der Waals surface area contributed by atoms with Gasteiger partial charge in [0.2, 0.25) is 0 Å². The van der Waals surface area contributed by atoms with Crippen LogP contribution >= 0.6 is 0 Å². The monoisotopic (exact) mass is 478 g/mol. The van der Waals surface area contributed by atoms with Crippen LogP contribution in [0, 0.1) is 29.5 Å². The van der Waals surface area contributed by atoms with Crippen LogP contribution in [-0.2, 0) is 12.8 Å². The fourth-order valence-corrected chi connectivity index (χ4v) is 5.43. The molecule has 0 nitrogen and oxygen atoms in total. The Morgan fingerprint density at radius 2 is 1.56 bits per heavy atom. The highest BCUT2D eigenvalue weighted by atomic mass is 19.1. The average molecular weight is 479 g/mol. The molecule has 0 radical (unpaired) electrons. The summed E-state index contributed by atoms with van der Waals surface area (Å²) in [5.74, 6) is 7.70. The van der Waals surface area contributed by atoms with Gasteiger partial charge in [-0.15, -0.1) is 6.58 Å². The van der Waals surface area contributed by atoms with Crippen molar-refractivity contribution in [3.63, 3.8) is 0 Å². The number of rotatable bonds is 9. The van der Waals surface area contributed by atoms with Crippen LogP contribution in [0.5, 0.6) is 0 Å². The number of halogens is 1. The van der Waals surface area contributed by atoms with Crippen molar-refractivity contribution in [2.24, 2.45) is 11.8 Å². The first-order valence-corrected chi connectivity index (χ1v) is 13.7. The molecule has 0 unspecified atom stereocenters. The van der Waals surface area contributed by atoms with Crippen LogP contribution in [0.1, 0.15) is 80.5 Å². The second-order valence-corrected chi connectivity index (χ2v) is 10.3. The predicted octanol–water partition coefficient (Wildman–Crippen LogP) is 9.59. The van der Waals surface area contributed by atoms with Crippen molar-refractivity contribution in [3.8, 4) is 11.8 Å². The highest BCUT2D eigenvalue weighted by molar-refractivity contribution is 5.85. The molecule has 0 atom stereocenters. The Kier molecular flexibility index (Phi) is 9.57. The number of allylic oxidation sites excluding steroid dienone is 3. The van der Waals surface area contributed by atoms with Crippen LogP contribution in [0.25, 0.3) is 10.8 Å². The first-order chi connectivity index (χ1) is 17.7. The molecular weight excluding hydrogens is 439 g/mol. The van der Waals surface area contributed by atoms with E-state index in [1.54, 1.807) is 0 Å². The van der Waals surface area contributed by atoms with Crippen molar-refractivity contribution < 1.29 is 4.39 Å². The molecule has 1 saturated carbocycles. The van der Waals surface area contributed by atoms with Crippen LogP contribution in [0.15, 0.2) is 79.4 Å². The van der Waals surface area contributed by atoms with Crippen LogP contribution in [0.4, 0.5) is 4.39 Å². The number of hydrogen-bond donors (Lipinski definition) is 0. The largest absolute Gasteiger partial charge is 0.205 e. The molecule has 0 heterocycles. The Morgan fingerprint density at radius 3 is 2.28 bits per heavy atom. The summed E-state index contributed by atoms with van der Waals surface area (Å²) < 4.78 is 15.2. The SMILES string of the molecule is C=CCCc1ccc(C#Cc2ccc3cc(CCC4CCC(CC/C=C/C)CC4)ccc3c2F)cc1. The van der Waals surface area contributed by atoms with E-state index in [9.17, 15) is 0 Å². The zero-order valence-corrected chi connectivity index (χ0v) is 21.7. The number of hydrogen-bond acceptors (Lipinski definition) is 0. The molecule has 186 valence electrons. The average Bonchev–Trinajstić information content (AvgIpc) is 2.92. The third kappa shape index (κ3) is 7.20. The van der Waals surface area contributed by atoms with E-state index >= 15 is 4.39 Å². The van der Waals surface area contributed by atoms with E-state index in [0.29, 0.717) is 10.9 Å². The van der Waals surface area contributed by atoms with Gasteiger partial charge < -0.3 is 0 Å². The topological polar surface area (TPSA) is 0 Å². The normalized spacial score (nSPS) is 17.7. The summed E-state index contributed by atoms with van der Waals surface area (Å²) in [6.45, 7) is 5.88. The van der Waals surface area contributed by atoms with E-state index in [2.05, 4.69) is 61.8 Å². The molecule has 0 spiro atoms. The van der Waals surface area contributed by atoms with Crippen LogP contribution in [0.3, 0.4) is 0 Å². The lowest BCUT2D eigenvalue weighted by Crippen LogP contribution is -2.15. The summed E-state index contributed by atoms with van der Waals surface area (Å²) in [6.07, 6.45) is 18.7. The molecule has 1 aliphatic rings. The standard InChI is InChI=1S/C35H39F/c1-3-5-7-9-28-12-14-29(15-13-28)18-19-31-21-25-34-33(26-31)24-23-32(35(34)36)22-20-30-16-10-27(11-17-30)8-6-4-2/h3-5,10-11,16-17,21,23-26,28-29H,2,6-9,12-15,18-19H2,1H3/b5-3+. The Balaban J connectivity index is 1.34. The smallest absolute Gasteiger partial charge is 0.146 e. The zero-order valence-electron chi connectivity index (χ0n) is 21.7. The van der Waals surface area contributed by atoms with E-state index in [1.807, 2.05) is 36.4 Å². The third-order valence-electron chi connectivity index (χ3n) is 7.74. The second kappa shape index (κ2) is 13.3. The van der Waals surface area contributed by atoms with Crippen molar-refractivity contribution >= 4 is 10.8 Å². The van der Waals surface area contributed by atoms with E-state index in [-0.39, 0.29) is 5.82 Å². The lowest BCUT2D eigenvalue weighted by Gasteiger charge is -2.28. The van der Waals surface area contributed by atoms with Crippen LogP contribution < -0.4 is 0 Å². The van der Waals surface area contributed by atoms with Crippen LogP contribution in [0.2, 0.25) is 0 Å². The molecule has 0 N–H and O–H groups in total. The molecule has 0 saturated heterocycles. The van der Waals surface area contributed by atoms with Gasteiger partial charge in [-0.2, -0.15) is 0 Å². The number of benzene rings is 3. The van der Waals surface area contributed by atoms with Gasteiger partial charge in [0, 0.05) is 10.9 Å². The van der Waals surface area contributed by atoms with E-state index in [1.165, 1.54) is 56.1 Å². The first-order valence-electron chi connectivity index (χ1n) is 13.7. The summed E-state index contributed by atoms with van der Waals surface area (Å²) in [6, 6.07) is 18.2. The Labute approximate surface area is 217 Å². The van der Waals surface area contributed by atoms with Crippen molar-refractivity contribution in [3.05, 3.63) is 107 Å². The minimum Gasteiger partial charge on any atom is -0.205 e. The molecule has 3 aromatic rings. The maximum atomic E-state index is 15.2. The van der Waals surface area contributed by atoms with Gasteiger partial charge in [-0.25, -0.2) is 4.39 Å². The maximum Gasteiger partial charge on any atom is 0.146 e. The van der Waals surface area contributed by atoms with Gasteiger partial charge in [-0.3, -0.25) is 0 Å². The minimum absolute atomic E-state index is 0.217. The fraction of sp³-hybridized carbons (Fsp3) is 0.371. The summed E-state index contributed by atoms with van der Waals surface area (Å²) in [4.78, 5) is 0. The van der Waals surface area contributed by atoms with Crippen molar-refractivity contribution in [2.75, 3.05) is 0 Å². The first kappa shape index (κ1) is 26.0. The highest BCUT2D eigenvalue weighted by Crippen LogP contribution is 2.34. The van der Waals surface area contributed by atoms with Crippen molar-refractivity contribution in [1.29, 1.82) is 0 Å². The maximum absolute atomic E-state index is 15.2. The second-order valence-electron chi connectivity index (χ2n) is 10.3. The molecule has 1 heteroatoms. The molecular formula is C35H39F. The predicted molar refractivity (Wildman–Crippen MR) is 153 cm³/mol. The summed E-state index contributed by atoms with van der Waals surface area (Å²) in [5, 5.41) is 1.63. The van der Waals surface area contributed by atoms with Gasteiger partial charge in [0.1, 0.15) is 5.82 Å². The lowest BCUT2D eigenvalue weighted by atomic mass is 9.78. The highest BCUT2D eigenvalue weighted by Gasteiger charge is 2.20. The Morgan fingerprint density at radius 1 is 0.833 bits per heavy atom. The Hall–Kier alpha value is -3.11. The minimum atomic E-state index is -0.217. The molecule has 0 aromatic heterocycles. The third-order valence-corrected chi connectivity index (χ3v) is 7.74. The van der Waals surface area contributed by atoms with Gasteiger partial charge in [-0.05, 0) is 92.0 Å². The molecule has 0 bridgehead atoms. The Bertz CT molecular complexity index is 1230. The van der Waals surface area contributed by atoms with Gasteiger partial charge in [0.15, 0.2) is 0 Å². The lowest BCUT2D eigenvalue weighted by molar-refractivity contribution is 0.254. The van der Waals surface area contributed by atoms with Gasteiger partial charge in [0.25, 0.3) is 0 Å². The zero-order chi connectivity index (χ0) is 25.2. The summed E-state index contributed by atoms with van der Waals surface area (Å²) in [5.41, 5.74) is 3.93. The molecule has 4 rings (SSSR count). The van der Waals surface area contributed by atoms with Gasteiger partial charge in [0.05, 0.1) is 5.56 Å².